The van der Waals surface area contributed by atoms with Gasteiger partial charge in [-0.15, -0.1) is 0 Å². The molecule has 0 unspecified atom stereocenters. The second-order valence-electron chi connectivity index (χ2n) is 3.85. The molecule has 2 aromatic heterocycles. The molecule has 0 aliphatic rings. The molecule has 0 spiro atoms. The van der Waals surface area contributed by atoms with E-state index in [4.69, 9.17) is 9.15 Å². The third-order valence-electron chi connectivity index (χ3n) is 2.42. The molecule has 2 rings (SSSR count). The van der Waals surface area contributed by atoms with E-state index in [0.717, 1.165) is 5.76 Å². The Balaban J connectivity index is 2.03. The number of methoxy groups -OCH3 is 1. The number of pyridine rings is 1. The van der Waals surface area contributed by atoms with Crippen LogP contribution in [0.4, 0.5) is 5.69 Å². The van der Waals surface area contributed by atoms with E-state index in [9.17, 15) is 4.79 Å². The maximum atomic E-state index is 11.7. The molecule has 0 aliphatic heterocycles. The van der Waals surface area contributed by atoms with Crippen molar-refractivity contribution in [1.82, 2.24) is 4.98 Å². The number of nitrogens with zero attached hydrogens (tertiary/aromatic N) is 1. The second kappa shape index (κ2) is 5.86. The predicted molar refractivity (Wildman–Crippen MR) is 71.9 cm³/mol. The van der Waals surface area contributed by atoms with Crippen molar-refractivity contribution >= 4 is 17.7 Å². The fourth-order valence-corrected chi connectivity index (χ4v) is 1.53. The van der Waals surface area contributed by atoms with Crippen molar-refractivity contribution < 1.29 is 13.9 Å². The molecule has 0 radical (unpaired) electrons. The molecular formula is C14H14N2O3. The van der Waals surface area contributed by atoms with Gasteiger partial charge in [0.25, 0.3) is 0 Å². The van der Waals surface area contributed by atoms with Gasteiger partial charge in [0, 0.05) is 18.3 Å². The Kier molecular flexibility index (Phi) is 3.97. The fourth-order valence-electron chi connectivity index (χ4n) is 1.53. The Labute approximate surface area is 110 Å². The van der Waals surface area contributed by atoms with E-state index < -0.39 is 0 Å². The molecule has 0 aromatic carbocycles. The largest absolute Gasteiger partial charge is 0.494 e. The number of carbonyl (C=O) groups excluding carboxylic acids is 1. The number of hydrogen-bond donors (Lipinski definition) is 1. The lowest BCUT2D eigenvalue weighted by molar-refractivity contribution is -0.111. The first kappa shape index (κ1) is 12.9. The number of aromatic nitrogens is 1. The van der Waals surface area contributed by atoms with Gasteiger partial charge in [0.15, 0.2) is 0 Å². The lowest BCUT2D eigenvalue weighted by atomic mass is 10.3. The topological polar surface area (TPSA) is 64.4 Å². The minimum Gasteiger partial charge on any atom is -0.494 e. The van der Waals surface area contributed by atoms with Crippen LogP contribution < -0.4 is 10.1 Å². The lowest BCUT2D eigenvalue weighted by Crippen LogP contribution is -2.09. The zero-order valence-corrected chi connectivity index (χ0v) is 10.7. The van der Waals surface area contributed by atoms with Crippen LogP contribution in [0.2, 0.25) is 0 Å². The van der Waals surface area contributed by atoms with E-state index in [-0.39, 0.29) is 5.91 Å². The highest BCUT2D eigenvalue weighted by molar-refractivity contribution is 6.02. The number of ether oxygens (including phenoxy) is 1. The third-order valence-corrected chi connectivity index (χ3v) is 2.42. The minimum atomic E-state index is -0.277. The molecule has 5 heteroatoms. The van der Waals surface area contributed by atoms with Gasteiger partial charge in [-0.05, 0) is 25.1 Å². The maximum Gasteiger partial charge on any atom is 0.248 e. The summed E-state index contributed by atoms with van der Waals surface area (Å²) in [6.07, 6.45) is 6.12. The molecule has 5 nitrogen and oxygen atoms in total. The van der Waals surface area contributed by atoms with Crippen molar-refractivity contribution in [3.8, 4) is 5.75 Å². The summed E-state index contributed by atoms with van der Waals surface area (Å²) in [7, 11) is 1.53. The highest BCUT2D eigenvalue weighted by Gasteiger charge is 2.04. The van der Waals surface area contributed by atoms with Crippen LogP contribution in [0.15, 0.2) is 41.1 Å². The molecule has 98 valence electrons. The molecule has 1 amide bonds. The van der Waals surface area contributed by atoms with Gasteiger partial charge in [-0.25, -0.2) is 0 Å². The average molecular weight is 258 g/mol. The van der Waals surface area contributed by atoms with E-state index in [2.05, 4.69) is 10.3 Å². The smallest absolute Gasteiger partial charge is 0.248 e. The third kappa shape index (κ3) is 3.45. The van der Waals surface area contributed by atoms with Crippen LogP contribution >= 0.6 is 0 Å². The second-order valence-corrected chi connectivity index (χ2v) is 3.85. The number of rotatable bonds is 4. The Bertz CT molecular complexity index is 602. The van der Waals surface area contributed by atoms with Gasteiger partial charge < -0.3 is 14.5 Å². The lowest BCUT2D eigenvalue weighted by Gasteiger charge is -2.06. The maximum absolute atomic E-state index is 11.7. The number of furan rings is 1. The Morgan fingerprint density at radius 2 is 2.26 bits per heavy atom. The van der Waals surface area contributed by atoms with Crippen molar-refractivity contribution in [2.75, 3.05) is 12.4 Å². The highest BCUT2D eigenvalue weighted by atomic mass is 16.5. The quantitative estimate of drug-likeness (QED) is 0.856. The number of amides is 1. The number of aryl methyl sites for hydroxylation is 1. The first-order valence-corrected chi connectivity index (χ1v) is 5.72. The van der Waals surface area contributed by atoms with Crippen LogP contribution in [0.3, 0.4) is 0 Å². The monoisotopic (exact) mass is 258 g/mol. The molecular weight excluding hydrogens is 244 g/mol. The number of nitrogens with one attached hydrogen (secondary N) is 1. The Morgan fingerprint density at radius 1 is 1.42 bits per heavy atom. The van der Waals surface area contributed by atoms with Crippen LogP contribution in [0, 0.1) is 6.92 Å². The van der Waals surface area contributed by atoms with E-state index in [1.165, 1.54) is 19.4 Å². The number of carbonyl (C=O) groups is 1. The summed E-state index contributed by atoms with van der Waals surface area (Å²) in [5.41, 5.74) is 0.523. The highest BCUT2D eigenvalue weighted by Crippen LogP contribution is 2.21. The van der Waals surface area contributed by atoms with Crippen LogP contribution in [0.5, 0.6) is 5.75 Å². The standard InChI is InChI=1S/C14H14N2O3/c1-10-3-4-11(19-10)5-6-14(17)16-12-9-15-8-7-13(12)18-2/h3-9H,1-2H3,(H,16,17)/b6-5+. The normalized spacial score (nSPS) is 10.6. The summed E-state index contributed by atoms with van der Waals surface area (Å²) in [6, 6.07) is 5.31. The molecule has 0 saturated heterocycles. The number of anilines is 1. The van der Waals surface area contributed by atoms with Crippen molar-refractivity contribution in [2.24, 2.45) is 0 Å². The first-order chi connectivity index (χ1) is 9.19. The van der Waals surface area contributed by atoms with Crippen LogP contribution in [0.1, 0.15) is 11.5 Å². The van der Waals surface area contributed by atoms with Crippen LogP contribution in [-0.2, 0) is 4.79 Å². The molecule has 0 bridgehead atoms. The molecule has 0 atom stereocenters. The predicted octanol–water partition coefficient (Wildman–Crippen LogP) is 2.64. The zero-order chi connectivity index (χ0) is 13.7. The minimum absolute atomic E-state index is 0.277. The van der Waals surface area contributed by atoms with Gasteiger partial charge >= 0.3 is 0 Å². The van der Waals surface area contributed by atoms with Crippen molar-refractivity contribution in [3.05, 3.63) is 48.2 Å². The van der Waals surface area contributed by atoms with Crippen LogP contribution in [-0.4, -0.2) is 18.0 Å². The molecule has 2 heterocycles. The zero-order valence-electron chi connectivity index (χ0n) is 10.7. The number of hydrogen-bond acceptors (Lipinski definition) is 4. The van der Waals surface area contributed by atoms with E-state index in [1.807, 2.05) is 13.0 Å². The van der Waals surface area contributed by atoms with Crippen molar-refractivity contribution in [1.29, 1.82) is 0 Å². The first-order valence-electron chi connectivity index (χ1n) is 5.72. The molecule has 0 aliphatic carbocycles. The van der Waals surface area contributed by atoms with Gasteiger partial charge in [-0.1, -0.05) is 0 Å². The van der Waals surface area contributed by atoms with Gasteiger partial charge in [-0.3, -0.25) is 9.78 Å². The van der Waals surface area contributed by atoms with Crippen molar-refractivity contribution in [3.63, 3.8) is 0 Å². The summed E-state index contributed by atoms with van der Waals surface area (Å²) >= 11 is 0. The Hall–Kier alpha value is -2.56. The molecule has 19 heavy (non-hydrogen) atoms. The summed E-state index contributed by atoms with van der Waals surface area (Å²) in [5.74, 6) is 1.71. The van der Waals surface area contributed by atoms with Crippen LogP contribution in [0.25, 0.3) is 6.08 Å². The van der Waals surface area contributed by atoms with Gasteiger partial charge in [0.05, 0.1) is 13.3 Å². The van der Waals surface area contributed by atoms with Gasteiger partial charge in [0.1, 0.15) is 23.0 Å². The molecule has 1 N–H and O–H groups in total. The van der Waals surface area contributed by atoms with E-state index in [1.54, 1.807) is 24.4 Å². The summed E-state index contributed by atoms with van der Waals surface area (Å²) in [6.45, 7) is 1.85. The van der Waals surface area contributed by atoms with Gasteiger partial charge in [0.2, 0.25) is 5.91 Å². The van der Waals surface area contributed by atoms with Crippen molar-refractivity contribution in [2.45, 2.75) is 6.92 Å². The average Bonchev–Trinajstić information content (AvgIpc) is 2.83. The summed E-state index contributed by atoms with van der Waals surface area (Å²) in [4.78, 5) is 15.7. The van der Waals surface area contributed by atoms with E-state index in [0.29, 0.717) is 17.2 Å². The van der Waals surface area contributed by atoms with E-state index >= 15 is 0 Å². The van der Waals surface area contributed by atoms with Gasteiger partial charge in [-0.2, -0.15) is 0 Å². The molecule has 0 fully saturated rings. The molecule has 2 aromatic rings. The molecule has 0 saturated carbocycles. The summed E-state index contributed by atoms with van der Waals surface area (Å²) < 4.78 is 10.4. The Morgan fingerprint density at radius 3 is 2.95 bits per heavy atom. The summed E-state index contributed by atoms with van der Waals surface area (Å²) in [5, 5.41) is 2.68. The SMILES string of the molecule is COc1ccncc1NC(=O)/C=C/c1ccc(C)o1. The fraction of sp³-hybridized carbons (Fsp3) is 0.143.